The van der Waals surface area contributed by atoms with Crippen LogP contribution in [0.15, 0.2) is 54.6 Å². The fourth-order valence-electron chi connectivity index (χ4n) is 2.80. The van der Waals surface area contributed by atoms with E-state index in [2.05, 4.69) is 24.3 Å². The lowest BCUT2D eigenvalue weighted by atomic mass is 9.82. The van der Waals surface area contributed by atoms with E-state index in [-0.39, 0.29) is 23.9 Å². The average molecular weight is 264 g/mol. The van der Waals surface area contributed by atoms with Crippen LogP contribution in [-0.2, 0) is 9.59 Å². The van der Waals surface area contributed by atoms with E-state index in [9.17, 15) is 9.59 Å². The topological polar surface area (TPSA) is 34.1 Å². The Labute approximate surface area is 118 Å². The van der Waals surface area contributed by atoms with Crippen LogP contribution < -0.4 is 0 Å². The number of carbonyl (C=O) groups is 2. The molecular formula is C18H16O2. The van der Waals surface area contributed by atoms with E-state index in [0.29, 0.717) is 12.8 Å². The third kappa shape index (κ3) is 2.69. The predicted octanol–water partition coefficient (Wildman–Crippen LogP) is 3.76. The second kappa shape index (κ2) is 5.41. The molecule has 0 saturated heterocycles. The van der Waals surface area contributed by atoms with Gasteiger partial charge in [0.2, 0.25) is 0 Å². The van der Waals surface area contributed by atoms with Gasteiger partial charge in [-0.25, -0.2) is 0 Å². The largest absolute Gasteiger partial charge is 0.299 e. The van der Waals surface area contributed by atoms with Crippen LogP contribution in [0.25, 0.3) is 11.1 Å². The van der Waals surface area contributed by atoms with E-state index in [1.807, 2.05) is 30.3 Å². The molecule has 0 aromatic heterocycles. The molecule has 1 aliphatic rings. The minimum absolute atomic E-state index is 0.0635. The van der Waals surface area contributed by atoms with Gasteiger partial charge in [0.1, 0.15) is 11.6 Å². The van der Waals surface area contributed by atoms with Gasteiger partial charge >= 0.3 is 0 Å². The van der Waals surface area contributed by atoms with Crippen LogP contribution in [0.5, 0.6) is 0 Å². The Balaban J connectivity index is 1.83. The minimum atomic E-state index is 0.0635. The quantitative estimate of drug-likeness (QED) is 0.774. The minimum Gasteiger partial charge on any atom is -0.299 e. The molecule has 0 unspecified atom stereocenters. The van der Waals surface area contributed by atoms with Crippen LogP contribution in [0.4, 0.5) is 0 Å². The lowest BCUT2D eigenvalue weighted by molar-refractivity contribution is -0.130. The van der Waals surface area contributed by atoms with Crippen molar-refractivity contribution in [2.24, 2.45) is 0 Å². The molecule has 0 amide bonds. The monoisotopic (exact) mass is 264 g/mol. The van der Waals surface area contributed by atoms with E-state index in [4.69, 9.17) is 0 Å². The van der Waals surface area contributed by atoms with Gasteiger partial charge in [-0.2, -0.15) is 0 Å². The molecule has 0 heterocycles. The number of Topliss-reactive ketones (excluding diaryl/α,β-unsaturated/α-hetero) is 2. The summed E-state index contributed by atoms with van der Waals surface area (Å²) in [4.78, 5) is 23.0. The SMILES string of the molecule is O=C1CC(=O)CC(c2ccc(-c3ccccc3)cc2)C1. The number of benzene rings is 2. The van der Waals surface area contributed by atoms with Crippen molar-refractivity contribution in [1.82, 2.24) is 0 Å². The highest BCUT2D eigenvalue weighted by molar-refractivity contribution is 6.02. The maximum absolute atomic E-state index is 11.5. The smallest absolute Gasteiger partial charge is 0.140 e. The molecule has 1 aliphatic carbocycles. The van der Waals surface area contributed by atoms with Crippen molar-refractivity contribution < 1.29 is 9.59 Å². The normalized spacial score (nSPS) is 16.4. The first-order valence-electron chi connectivity index (χ1n) is 6.91. The van der Waals surface area contributed by atoms with Crippen LogP contribution in [-0.4, -0.2) is 11.6 Å². The molecule has 1 saturated carbocycles. The zero-order valence-corrected chi connectivity index (χ0v) is 11.2. The first-order chi connectivity index (χ1) is 9.72. The summed E-state index contributed by atoms with van der Waals surface area (Å²) in [5.74, 6) is 0.199. The van der Waals surface area contributed by atoms with Crippen molar-refractivity contribution in [1.29, 1.82) is 0 Å². The summed E-state index contributed by atoms with van der Waals surface area (Å²) in [6.07, 6.45) is 1.12. The fraction of sp³-hybridized carbons (Fsp3) is 0.222. The summed E-state index contributed by atoms with van der Waals surface area (Å²) in [7, 11) is 0. The molecule has 0 aliphatic heterocycles. The van der Waals surface area contributed by atoms with E-state index in [0.717, 1.165) is 11.1 Å². The Hall–Kier alpha value is -2.22. The van der Waals surface area contributed by atoms with Gasteiger partial charge in [0.05, 0.1) is 6.42 Å². The molecule has 2 heteroatoms. The van der Waals surface area contributed by atoms with Gasteiger partial charge in [0.15, 0.2) is 0 Å². The molecule has 1 fully saturated rings. The Morgan fingerprint density at radius 3 is 1.85 bits per heavy atom. The lowest BCUT2D eigenvalue weighted by Crippen LogP contribution is -2.21. The van der Waals surface area contributed by atoms with Gasteiger partial charge in [0, 0.05) is 12.8 Å². The average Bonchev–Trinajstić information content (AvgIpc) is 2.47. The van der Waals surface area contributed by atoms with Gasteiger partial charge in [-0.15, -0.1) is 0 Å². The van der Waals surface area contributed by atoms with Crippen molar-refractivity contribution in [3.8, 4) is 11.1 Å². The number of hydrogen-bond acceptors (Lipinski definition) is 2. The maximum Gasteiger partial charge on any atom is 0.140 e. The van der Waals surface area contributed by atoms with E-state index in [1.54, 1.807) is 0 Å². The van der Waals surface area contributed by atoms with Gasteiger partial charge < -0.3 is 0 Å². The molecular weight excluding hydrogens is 248 g/mol. The van der Waals surface area contributed by atoms with Crippen LogP contribution in [0.3, 0.4) is 0 Å². The van der Waals surface area contributed by atoms with Crippen LogP contribution in [0.1, 0.15) is 30.7 Å². The zero-order valence-electron chi connectivity index (χ0n) is 11.2. The first-order valence-corrected chi connectivity index (χ1v) is 6.91. The van der Waals surface area contributed by atoms with E-state index < -0.39 is 0 Å². The Bertz CT molecular complexity index is 610. The zero-order chi connectivity index (χ0) is 13.9. The van der Waals surface area contributed by atoms with Crippen molar-refractivity contribution in [3.63, 3.8) is 0 Å². The van der Waals surface area contributed by atoms with Crippen LogP contribution in [0.2, 0.25) is 0 Å². The van der Waals surface area contributed by atoms with E-state index in [1.165, 1.54) is 5.56 Å². The van der Waals surface area contributed by atoms with Crippen LogP contribution in [0, 0.1) is 0 Å². The summed E-state index contributed by atoms with van der Waals surface area (Å²) in [5.41, 5.74) is 3.42. The summed E-state index contributed by atoms with van der Waals surface area (Å²) < 4.78 is 0. The molecule has 0 atom stereocenters. The highest BCUT2D eigenvalue weighted by Crippen LogP contribution is 2.30. The molecule has 0 N–H and O–H groups in total. The second-order valence-electron chi connectivity index (χ2n) is 5.35. The Morgan fingerprint density at radius 2 is 1.25 bits per heavy atom. The van der Waals surface area contributed by atoms with Crippen LogP contribution >= 0.6 is 0 Å². The molecule has 2 aromatic rings. The van der Waals surface area contributed by atoms with E-state index >= 15 is 0 Å². The van der Waals surface area contributed by atoms with Crippen molar-refractivity contribution in [2.75, 3.05) is 0 Å². The predicted molar refractivity (Wildman–Crippen MR) is 78.5 cm³/mol. The third-order valence-corrected chi connectivity index (χ3v) is 3.83. The molecule has 0 spiro atoms. The Kier molecular flexibility index (Phi) is 3.46. The van der Waals surface area contributed by atoms with Gasteiger partial charge in [-0.1, -0.05) is 54.6 Å². The first kappa shape index (κ1) is 12.8. The third-order valence-electron chi connectivity index (χ3n) is 3.83. The second-order valence-corrected chi connectivity index (χ2v) is 5.35. The van der Waals surface area contributed by atoms with Crippen molar-refractivity contribution in [3.05, 3.63) is 60.2 Å². The molecule has 0 bridgehead atoms. The molecule has 0 radical (unpaired) electrons. The summed E-state index contributed by atoms with van der Waals surface area (Å²) in [6.45, 7) is 0. The maximum atomic E-state index is 11.5. The summed E-state index contributed by atoms with van der Waals surface area (Å²) in [6, 6.07) is 18.4. The number of ketones is 2. The Morgan fingerprint density at radius 1 is 0.700 bits per heavy atom. The highest BCUT2D eigenvalue weighted by atomic mass is 16.1. The van der Waals surface area contributed by atoms with Crippen molar-refractivity contribution >= 4 is 11.6 Å². The molecule has 20 heavy (non-hydrogen) atoms. The highest BCUT2D eigenvalue weighted by Gasteiger charge is 2.26. The summed E-state index contributed by atoms with van der Waals surface area (Å²) in [5, 5.41) is 0. The van der Waals surface area contributed by atoms with Gasteiger partial charge in [-0.3, -0.25) is 9.59 Å². The fourth-order valence-corrected chi connectivity index (χ4v) is 2.80. The number of carbonyl (C=O) groups excluding carboxylic acids is 2. The molecule has 2 aromatic carbocycles. The number of rotatable bonds is 2. The molecule has 3 rings (SSSR count). The lowest BCUT2D eigenvalue weighted by Gasteiger charge is -2.20. The van der Waals surface area contributed by atoms with Gasteiger partial charge in [0.25, 0.3) is 0 Å². The standard InChI is InChI=1S/C18H16O2/c19-17-10-16(11-18(20)12-17)15-8-6-14(7-9-15)13-4-2-1-3-5-13/h1-9,16H,10-12H2. The summed E-state index contributed by atoms with van der Waals surface area (Å²) >= 11 is 0. The van der Waals surface area contributed by atoms with Crippen molar-refractivity contribution in [2.45, 2.75) is 25.2 Å². The number of hydrogen-bond donors (Lipinski definition) is 0. The van der Waals surface area contributed by atoms with Gasteiger partial charge in [-0.05, 0) is 22.6 Å². The molecule has 100 valence electrons. The molecule has 2 nitrogen and oxygen atoms in total.